The number of hydrogen-bond donors (Lipinski definition) is 1. The second-order valence-corrected chi connectivity index (χ2v) is 6.22. The first kappa shape index (κ1) is 19.0. The van der Waals surface area contributed by atoms with Crippen LogP contribution < -0.4 is 10.1 Å². The van der Waals surface area contributed by atoms with E-state index in [1.54, 1.807) is 18.0 Å². The Bertz CT molecular complexity index is 938. The summed E-state index contributed by atoms with van der Waals surface area (Å²) >= 11 is 0. The average Bonchev–Trinajstić information content (AvgIpc) is 3.06. The topological polar surface area (TPSA) is 39.1 Å². The highest BCUT2D eigenvalue weighted by molar-refractivity contribution is 5.39. The molecule has 0 aliphatic carbocycles. The summed E-state index contributed by atoms with van der Waals surface area (Å²) in [5.41, 5.74) is 2.32. The fourth-order valence-electron chi connectivity index (χ4n) is 2.93. The Kier molecular flexibility index (Phi) is 5.51. The molecule has 142 valence electrons. The van der Waals surface area contributed by atoms with Gasteiger partial charge in [0.15, 0.2) is 11.6 Å². The lowest BCUT2D eigenvalue weighted by Gasteiger charge is -2.15. The summed E-state index contributed by atoms with van der Waals surface area (Å²) in [7, 11) is 1.60. The van der Waals surface area contributed by atoms with E-state index in [4.69, 9.17) is 4.74 Å². The van der Waals surface area contributed by atoms with Gasteiger partial charge in [-0.05, 0) is 50.2 Å². The molecular weight excluding hydrogens is 355 g/mol. The molecule has 3 rings (SSSR count). The van der Waals surface area contributed by atoms with E-state index in [0.717, 1.165) is 34.8 Å². The summed E-state index contributed by atoms with van der Waals surface area (Å²) in [5, 5.41) is 7.42. The minimum atomic E-state index is -1.17. The van der Waals surface area contributed by atoms with E-state index in [0.29, 0.717) is 0 Å². The maximum Gasteiger partial charge on any atom is 0.166 e. The van der Waals surface area contributed by atoms with Crippen LogP contribution in [0.15, 0.2) is 42.6 Å². The van der Waals surface area contributed by atoms with Crippen molar-refractivity contribution in [3.8, 4) is 11.4 Å². The van der Waals surface area contributed by atoms with Gasteiger partial charge in [-0.1, -0.05) is 0 Å². The Balaban J connectivity index is 1.77. The predicted octanol–water partition coefficient (Wildman–Crippen LogP) is 4.46. The molecule has 3 aromatic rings. The smallest absolute Gasteiger partial charge is 0.166 e. The summed E-state index contributed by atoms with van der Waals surface area (Å²) in [6, 6.07) is 8.92. The first-order valence-electron chi connectivity index (χ1n) is 8.47. The Morgan fingerprint density at radius 1 is 1.07 bits per heavy atom. The van der Waals surface area contributed by atoms with E-state index in [-0.39, 0.29) is 18.2 Å². The average molecular weight is 375 g/mol. The fraction of sp³-hybridized carbons (Fsp3) is 0.250. The number of hydrogen-bond acceptors (Lipinski definition) is 3. The molecule has 1 N–H and O–H groups in total. The molecule has 1 atom stereocenters. The van der Waals surface area contributed by atoms with Crippen LogP contribution >= 0.6 is 0 Å². The van der Waals surface area contributed by atoms with Gasteiger partial charge in [0.25, 0.3) is 0 Å². The molecule has 2 aromatic carbocycles. The third kappa shape index (κ3) is 3.83. The highest BCUT2D eigenvalue weighted by Gasteiger charge is 2.17. The van der Waals surface area contributed by atoms with Crippen molar-refractivity contribution in [2.75, 3.05) is 7.11 Å². The molecule has 0 amide bonds. The van der Waals surface area contributed by atoms with Crippen molar-refractivity contribution >= 4 is 0 Å². The van der Waals surface area contributed by atoms with Crippen LogP contribution in [0.1, 0.15) is 29.8 Å². The van der Waals surface area contributed by atoms with Gasteiger partial charge in [0.05, 0.1) is 19.0 Å². The molecule has 0 saturated carbocycles. The van der Waals surface area contributed by atoms with Crippen molar-refractivity contribution < 1.29 is 17.9 Å². The fourth-order valence-corrected chi connectivity index (χ4v) is 2.93. The minimum Gasteiger partial charge on any atom is -0.497 e. The number of benzene rings is 2. The van der Waals surface area contributed by atoms with Gasteiger partial charge in [-0.2, -0.15) is 5.10 Å². The Labute approximate surface area is 155 Å². The van der Waals surface area contributed by atoms with Crippen molar-refractivity contribution in [2.24, 2.45) is 0 Å². The standard InChI is InChI=1S/C20H20F3N3O/c1-12(24-10-17-18(21)8-9-19(22)20(17)23)16-11-25-26(13(16)2)14-4-6-15(27-3)7-5-14/h4-9,11-12,24H,10H2,1-3H3. The van der Waals surface area contributed by atoms with Crippen LogP contribution in [0.5, 0.6) is 5.75 Å². The zero-order chi connectivity index (χ0) is 19.6. The number of aromatic nitrogens is 2. The Morgan fingerprint density at radius 3 is 2.41 bits per heavy atom. The lowest BCUT2D eigenvalue weighted by Crippen LogP contribution is -2.20. The van der Waals surface area contributed by atoms with Gasteiger partial charge < -0.3 is 10.1 Å². The molecule has 0 spiro atoms. The molecule has 4 nitrogen and oxygen atoms in total. The van der Waals surface area contributed by atoms with Crippen molar-refractivity contribution in [1.29, 1.82) is 0 Å². The van der Waals surface area contributed by atoms with Crippen LogP contribution in [0.4, 0.5) is 13.2 Å². The number of nitrogens with zero attached hydrogens (tertiary/aromatic N) is 2. The minimum absolute atomic E-state index is 0.135. The van der Waals surface area contributed by atoms with E-state index >= 15 is 0 Å². The largest absolute Gasteiger partial charge is 0.497 e. The molecule has 0 bridgehead atoms. The number of nitrogens with one attached hydrogen (secondary N) is 1. The van der Waals surface area contributed by atoms with Crippen molar-refractivity contribution in [3.63, 3.8) is 0 Å². The molecule has 0 saturated heterocycles. The summed E-state index contributed by atoms with van der Waals surface area (Å²) in [4.78, 5) is 0. The van der Waals surface area contributed by atoms with Crippen LogP contribution in [0.3, 0.4) is 0 Å². The van der Waals surface area contributed by atoms with Crippen LogP contribution in [0.2, 0.25) is 0 Å². The molecular formula is C20H20F3N3O. The van der Waals surface area contributed by atoms with Crippen LogP contribution in [0.25, 0.3) is 5.69 Å². The first-order chi connectivity index (χ1) is 12.9. The van der Waals surface area contributed by atoms with Gasteiger partial charge in [0.1, 0.15) is 11.6 Å². The molecule has 27 heavy (non-hydrogen) atoms. The summed E-state index contributed by atoms with van der Waals surface area (Å²) in [5.74, 6) is -2.26. The quantitative estimate of drug-likeness (QED) is 0.647. The maximum absolute atomic E-state index is 13.8. The van der Waals surface area contributed by atoms with Gasteiger partial charge in [0.2, 0.25) is 0 Å². The van der Waals surface area contributed by atoms with Gasteiger partial charge in [0, 0.05) is 29.4 Å². The van der Waals surface area contributed by atoms with Crippen molar-refractivity contribution in [1.82, 2.24) is 15.1 Å². The second-order valence-electron chi connectivity index (χ2n) is 6.22. The number of halogens is 3. The molecule has 0 aliphatic rings. The lowest BCUT2D eigenvalue weighted by molar-refractivity contribution is 0.414. The monoisotopic (exact) mass is 375 g/mol. The zero-order valence-corrected chi connectivity index (χ0v) is 15.3. The van der Waals surface area contributed by atoms with Crippen LogP contribution in [-0.4, -0.2) is 16.9 Å². The first-order valence-corrected chi connectivity index (χ1v) is 8.47. The summed E-state index contributed by atoms with van der Waals surface area (Å²) in [6.45, 7) is 3.63. The SMILES string of the molecule is COc1ccc(-n2ncc(C(C)NCc3c(F)ccc(F)c3F)c2C)cc1. The molecule has 1 heterocycles. The van der Waals surface area contributed by atoms with Gasteiger partial charge in [-0.3, -0.25) is 0 Å². The molecule has 1 unspecified atom stereocenters. The maximum atomic E-state index is 13.8. The Morgan fingerprint density at radius 2 is 1.74 bits per heavy atom. The molecule has 0 fully saturated rings. The number of methoxy groups -OCH3 is 1. The van der Waals surface area contributed by atoms with Gasteiger partial charge in [-0.15, -0.1) is 0 Å². The van der Waals surface area contributed by atoms with E-state index in [2.05, 4.69) is 10.4 Å². The van der Waals surface area contributed by atoms with E-state index < -0.39 is 17.5 Å². The molecule has 1 aromatic heterocycles. The molecule has 7 heteroatoms. The third-order valence-electron chi connectivity index (χ3n) is 4.56. The predicted molar refractivity (Wildman–Crippen MR) is 96.4 cm³/mol. The highest BCUT2D eigenvalue weighted by atomic mass is 19.2. The van der Waals surface area contributed by atoms with Gasteiger partial charge >= 0.3 is 0 Å². The number of rotatable bonds is 6. The lowest BCUT2D eigenvalue weighted by atomic mass is 10.1. The third-order valence-corrected chi connectivity index (χ3v) is 4.56. The van der Waals surface area contributed by atoms with E-state index in [1.165, 1.54) is 0 Å². The highest BCUT2D eigenvalue weighted by Crippen LogP contribution is 2.23. The van der Waals surface area contributed by atoms with E-state index in [1.807, 2.05) is 38.1 Å². The van der Waals surface area contributed by atoms with Gasteiger partial charge in [-0.25, -0.2) is 17.9 Å². The summed E-state index contributed by atoms with van der Waals surface area (Å²) in [6.07, 6.45) is 1.70. The molecule has 0 aliphatic heterocycles. The normalized spacial score (nSPS) is 12.2. The summed E-state index contributed by atoms with van der Waals surface area (Å²) < 4.78 is 47.8. The van der Waals surface area contributed by atoms with Crippen molar-refractivity contribution in [2.45, 2.75) is 26.4 Å². The molecule has 0 radical (unpaired) electrons. The Hall–Kier alpha value is -2.80. The van der Waals surface area contributed by atoms with Crippen LogP contribution in [-0.2, 0) is 6.54 Å². The van der Waals surface area contributed by atoms with Crippen molar-refractivity contribution in [3.05, 3.63) is 76.9 Å². The zero-order valence-electron chi connectivity index (χ0n) is 15.3. The van der Waals surface area contributed by atoms with E-state index in [9.17, 15) is 13.2 Å². The second kappa shape index (κ2) is 7.84. The number of ether oxygens (including phenoxy) is 1. The van der Waals surface area contributed by atoms with Crippen LogP contribution in [0, 0.1) is 24.4 Å².